The normalized spacial score (nSPS) is 19.8. The van der Waals surface area contributed by atoms with Gasteiger partial charge in [-0.25, -0.2) is 9.78 Å². The zero-order chi connectivity index (χ0) is 13.8. The number of carboxylic acids is 1. The summed E-state index contributed by atoms with van der Waals surface area (Å²) in [6, 6.07) is -0.661. The second-order valence-corrected chi connectivity index (χ2v) is 4.49. The molecule has 1 atom stereocenters. The Labute approximate surface area is 110 Å². The van der Waals surface area contributed by atoms with Crippen molar-refractivity contribution in [2.75, 3.05) is 18.6 Å². The summed E-state index contributed by atoms with van der Waals surface area (Å²) in [6.07, 6.45) is 4.53. The summed E-state index contributed by atoms with van der Waals surface area (Å²) in [6.45, 7) is 0.559. The smallest absolute Gasteiger partial charge is 0.326 e. The van der Waals surface area contributed by atoms with E-state index in [1.165, 1.54) is 13.4 Å². The molecule has 0 saturated carbocycles. The number of nitrogens with zero attached hydrogens (tertiary/aromatic N) is 2. The van der Waals surface area contributed by atoms with Gasteiger partial charge < -0.3 is 19.7 Å². The first-order chi connectivity index (χ1) is 9.15. The van der Waals surface area contributed by atoms with Gasteiger partial charge in [-0.1, -0.05) is 12.8 Å². The first-order valence-electron chi connectivity index (χ1n) is 6.26. The van der Waals surface area contributed by atoms with Crippen LogP contribution < -0.4 is 15.2 Å². The van der Waals surface area contributed by atoms with Crippen LogP contribution in [0.3, 0.4) is 0 Å². The van der Waals surface area contributed by atoms with Crippen molar-refractivity contribution in [3.8, 4) is 5.75 Å². The van der Waals surface area contributed by atoms with E-state index in [-0.39, 0.29) is 5.75 Å². The lowest BCUT2D eigenvalue weighted by atomic mass is 10.1. The first kappa shape index (κ1) is 13.4. The van der Waals surface area contributed by atoms with Gasteiger partial charge in [-0.3, -0.25) is 4.79 Å². The minimum atomic E-state index is -0.897. The predicted octanol–water partition coefficient (Wildman–Crippen LogP) is 0.612. The maximum Gasteiger partial charge on any atom is 0.326 e. The number of aromatic nitrogens is 2. The molecule has 2 N–H and O–H groups in total. The minimum absolute atomic E-state index is 0.0654. The average Bonchev–Trinajstić information content (AvgIpc) is 2.63. The number of carbonyl (C=O) groups is 1. The molecule has 0 aliphatic carbocycles. The lowest BCUT2D eigenvalue weighted by molar-refractivity contribution is -0.138. The Hall–Kier alpha value is -2.05. The third-order valence-electron chi connectivity index (χ3n) is 3.31. The number of anilines is 1. The molecule has 104 valence electrons. The van der Waals surface area contributed by atoms with Gasteiger partial charge in [-0.2, -0.15) is 0 Å². The van der Waals surface area contributed by atoms with Gasteiger partial charge >= 0.3 is 5.97 Å². The Bertz CT molecular complexity index is 514. The number of hydrogen-bond acceptors (Lipinski definition) is 5. The van der Waals surface area contributed by atoms with Gasteiger partial charge in [0.05, 0.1) is 13.4 Å². The van der Waals surface area contributed by atoms with Crippen LogP contribution in [-0.2, 0) is 4.79 Å². The number of ether oxygens (including phenoxy) is 1. The fraction of sp³-hybridized carbons (Fsp3) is 0.583. The molecule has 1 aliphatic rings. The van der Waals surface area contributed by atoms with Gasteiger partial charge in [0.1, 0.15) is 6.04 Å². The van der Waals surface area contributed by atoms with Crippen molar-refractivity contribution in [2.45, 2.75) is 31.7 Å². The van der Waals surface area contributed by atoms with E-state index < -0.39 is 17.6 Å². The van der Waals surface area contributed by atoms with Crippen molar-refractivity contribution >= 4 is 11.8 Å². The Kier molecular flexibility index (Phi) is 4.03. The third-order valence-corrected chi connectivity index (χ3v) is 3.31. The van der Waals surface area contributed by atoms with Crippen molar-refractivity contribution in [1.82, 2.24) is 9.97 Å². The zero-order valence-electron chi connectivity index (χ0n) is 10.8. The van der Waals surface area contributed by atoms with Crippen LogP contribution in [0.4, 0.5) is 5.82 Å². The van der Waals surface area contributed by atoms with E-state index in [1.807, 2.05) is 0 Å². The number of carboxylic acid groups (broad SMARTS) is 1. The van der Waals surface area contributed by atoms with Gasteiger partial charge in [-0.15, -0.1) is 0 Å². The summed E-state index contributed by atoms with van der Waals surface area (Å²) >= 11 is 0. The van der Waals surface area contributed by atoms with E-state index in [4.69, 9.17) is 4.74 Å². The maximum atomic E-state index is 11.7. The Morgan fingerprint density at radius 3 is 3.00 bits per heavy atom. The van der Waals surface area contributed by atoms with Gasteiger partial charge in [0, 0.05) is 6.54 Å². The Balaban J connectivity index is 2.44. The molecule has 2 heterocycles. The Morgan fingerprint density at radius 2 is 2.32 bits per heavy atom. The number of hydrogen-bond donors (Lipinski definition) is 2. The summed E-state index contributed by atoms with van der Waals surface area (Å²) < 4.78 is 5.06. The average molecular weight is 267 g/mol. The summed E-state index contributed by atoms with van der Waals surface area (Å²) in [4.78, 5) is 31.2. The van der Waals surface area contributed by atoms with Gasteiger partial charge in [0.2, 0.25) is 5.75 Å². The van der Waals surface area contributed by atoms with E-state index in [9.17, 15) is 14.7 Å². The number of rotatable bonds is 3. The summed E-state index contributed by atoms with van der Waals surface area (Å²) in [5, 5.41) is 9.33. The highest BCUT2D eigenvalue weighted by Gasteiger charge is 2.30. The van der Waals surface area contributed by atoms with E-state index in [0.717, 1.165) is 19.3 Å². The molecule has 7 nitrogen and oxygen atoms in total. The molecule has 19 heavy (non-hydrogen) atoms. The fourth-order valence-electron chi connectivity index (χ4n) is 2.38. The van der Waals surface area contributed by atoms with Gasteiger partial charge in [0.25, 0.3) is 5.56 Å². The fourth-order valence-corrected chi connectivity index (χ4v) is 2.38. The molecule has 0 amide bonds. The van der Waals surface area contributed by atoms with E-state index in [1.54, 1.807) is 4.90 Å². The monoisotopic (exact) mass is 267 g/mol. The van der Waals surface area contributed by atoms with Crippen LogP contribution in [-0.4, -0.2) is 40.7 Å². The number of aromatic amines is 1. The number of nitrogens with one attached hydrogen (secondary N) is 1. The number of methoxy groups -OCH3 is 1. The summed E-state index contributed by atoms with van der Waals surface area (Å²) in [5.74, 6) is -0.526. The zero-order valence-corrected chi connectivity index (χ0v) is 10.8. The molecular formula is C12H17N3O4. The lowest BCUT2D eigenvalue weighted by Crippen LogP contribution is -2.42. The minimum Gasteiger partial charge on any atom is -0.489 e. The number of H-pyrrole nitrogens is 1. The van der Waals surface area contributed by atoms with Crippen LogP contribution in [0.5, 0.6) is 5.75 Å². The van der Waals surface area contributed by atoms with Crippen LogP contribution in [0.25, 0.3) is 0 Å². The summed E-state index contributed by atoms with van der Waals surface area (Å²) in [7, 11) is 1.38. The van der Waals surface area contributed by atoms with Crippen molar-refractivity contribution in [3.05, 3.63) is 16.7 Å². The van der Waals surface area contributed by atoms with Gasteiger partial charge in [-0.05, 0) is 12.8 Å². The molecule has 1 aromatic rings. The van der Waals surface area contributed by atoms with Crippen LogP contribution in [0, 0.1) is 0 Å². The molecule has 0 spiro atoms. The standard InChI is InChI=1S/C12H17N3O4/c1-19-9-10(13-7-14-11(9)16)15-6-4-2-3-5-8(15)12(17)18/h7-8H,2-6H2,1H3,(H,17,18)(H,13,14,16). The molecule has 0 radical (unpaired) electrons. The molecule has 7 heteroatoms. The predicted molar refractivity (Wildman–Crippen MR) is 68.6 cm³/mol. The highest BCUT2D eigenvalue weighted by molar-refractivity contribution is 5.78. The molecule has 1 aliphatic heterocycles. The lowest BCUT2D eigenvalue weighted by Gasteiger charge is -2.28. The van der Waals surface area contributed by atoms with Crippen LogP contribution in [0.15, 0.2) is 11.1 Å². The molecule has 1 fully saturated rings. The van der Waals surface area contributed by atoms with E-state index >= 15 is 0 Å². The quantitative estimate of drug-likeness (QED) is 0.833. The highest BCUT2D eigenvalue weighted by atomic mass is 16.5. The second-order valence-electron chi connectivity index (χ2n) is 4.49. The molecule has 0 bridgehead atoms. The highest BCUT2D eigenvalue weighted by Crippen LogP contribution is 2.27. The molecule has 0 aromatic carbocycles. The molecule has 1 saturated heterocycles. The maximum absolute atomic E-state index is 11.7. The van der Waals surface area contributed by atoms with Crippen LogP contribution >= 0.6 is 0 Å². The van der Waals surface area contributed by atoms with E-state index in [2.05, 4.69) is 9.97 Å². The second kappa shape index (κ2) is 5.73. The first-order valence-corrected chi connectivity index (χ1v) is 6.26. The van der Waals surface area contributed by atoms with Crippen molar-refractivity contribution < 1.29 is 14.6 Å². The van der Waals surface area contributed by atoms with Crippen molar-refractivity contribution in [3.63, 3.8) is 0 Å². The van der Waals surface area contributed by atoms with E-state index in [0.29, 0.717) is 18.8 Å². The van der Waals surface area contributed by atoms with Gasteiger partial charge in [0.15, 0.2) is 5.82 Å². The Morgan fingerprint density at radius 1 is 1.53 bits per heavy atom. The summed E-state index contributed by atoms with van der Waals surface area (Å²) in [5.41, 5.74) is -0.402. The van der Waals surface area contributed by atoms with Crippen LogP contribution in [0.2, 0.25) is 0 Å². The molecule has 1 unspecified atom stereocenters. The molecule has 2 rings (SSSR count). The van der Waals surface area contributed by atoms with Crippen molar-refractivity contribution in [2.24, 2.45) is 0 Å². The van der Waals surface area contributed by atoms with Crippen molar-refractivity contribution in [1.29, 1.82) is 0 Å². The topological polar surface area (TPSA) is 95.5 Å². The molecular weight excluding hydrogens is 250 g/mol. The molecule has 1 aromatic heterocycles. The largest absolute Gasteiger partial charge is 0.489 e. The SMILES string of the molecule is COc1c(N2CCCCCC2C(=O)O)nc[nH]c1=O. The van der Waals surface area contributed by atoms with Crippen LogP contribution in [0.1, 0.15) is 25.7 Å². The number of aliphatic carboxylic acids is 1. The third kappa shape index (κ3) is 2.69.